The quantitative estimate of drug-likeness (QED) is 0.374. The molecule has 8 nitrogen and oxygen atoms in total. The number of ether oxygens (including phenoxy) is 2. The Labute approximate surface area is 178 Å². The molecule has 0 bridgehead atoms. The summed E-state index contributed by atoms with van der Waals surface area (Å²) < 4.78 is 70.2. The maximum atomic E-state index is 12.4. The highest BCUT2D eigenvalue weighted by atomic mass is 32.2. The average molecular weight is 459 g/mol. The molecule has 0 saturated carbocycles. The number of hydrogen-bond donors (Lipinski definition) is 0. The van der Waals surface area contributed by atoms with Crippen molar-refractivity contribution in [3.63, 3.8) is 0 Å². The summed E-state index contributed by atoms with van der Waals surface area (Å²) in [6.07, 6.45) is -2.46. The van der Waals surface area contributed by atoms with Crippen molar-refractivity contribution in [2.45, 2.75) is 50.1 Å². The van der Waals surface area contributed by atoms with E-state index in [0.29, 0.717) is 0 Å². The van der Waals surface area contributed by atoms with Crippen molar-refractivity contribution in [1.29, 1.82) is 0 Å². The molecule has 2 unspecified atom stereocenters. The van der Waals surface area contributed by atoms with Gasteiger partial charge in [0.1, 0.15) is 6.61 Å². The molecule has 166 valence electrons. The molecule has 2 aromatic rings. The van der Waals surface area contributed by atoms with Crippen LogP contribution in [0.3, 0.4) is 0 Å². The predicted molar refractivity (Wildman–Crippen MR) is 110 cm³/mol. The topological polar surface area (TPSA) is 105 Å². The van der Waals surface area contributed by atoms with E-state index in [9.17, 15) is 16.8 Å². The Bertz CT molecular complexity index is 1010. The molecule has 0 radical (unpaired) electrons. The third kappa shape index (κ3) is 7.15. The van der Waals surface area contributed by atoms with Crippen molar-refractivity contribution in [3.8, 4) is 0 Å². The summed E-state index contributed by atoms with van der Waals surface area (Å²) >= 11 is 0. The van der Waals surface area contributed by atoms with E-state index in [0.717, 1.165) is 11.1 Å². The Morgan fingerprint density at radius 2 is 1.17 bits per heavy atom. The van der Waals surface area contributed by atoms with E-state index in [1.54, 1.807) is 31.2 Å². The van der Waals surface area contributed by atoms with Gasteiger partial charge in [0, 0.05) is 6.61 Å². The standard InChI is InChI=1S/C20H26O8S2/c1-5-25-20(28-30(23,24)19-12-8-16(3)9-13-19)14-26-17(4)27-29(21,22)18-10-6-15(2)7-11-18/h6-13,17,20H,5,14H2,1-4H3. The summed E-state index contributed by atoms with van der Waals surface area (Å²) in [6, 6.07) is 12.3. The van der Waals surface area contributed by atoms with E-state index in [1.165, 1.54) is 31.2 Å². The maximum Gasteiger partial charge on any atom is 0.299 e. The smallest absolute Gasteiger partial charge is 0.299 e. The summed E-state index contributed by atoms with van der Waals surface area (Å²) in [5.41, 5.74) is 1.81. The molecule has 0 spiro atoms. The highest BCUT2D eigenvalue weighted by Gasteiger charge is 2.25. The summed E-state index contributed by atoms with van der Waals surface area (Å²) in [5.74, 6) is 0. The second-order valence-corrected chi connectivity index (χ2v) is 9.66. The van der Waals surface area contributed by atoms with Crippen LogP contribution in [-0.4, -0.2) is 42.6 Å². The molecule has 0 N–H and O–H groups in total. The lowest BCUT2D eigenvalue weighted by atomic mass is 10.2. The highest BCUT2D eigenvalue weighted by Crippen LogP contribution is 2.18. The van der Waals surface area contributed by atoms with Crippen LogP contribution in [0.25, 0.3) is 0 Å². The molecule has 30 heavy (non-hydrogen) atoms. The molecule has 2 atom stereocenters. The molecule has 10 heteroatoms. The van der Waals surface area contributed by atoms with Gasteiger partial charge in [0.15, 0.2) is 12.6 Å². The van der Waals surface area contributed by atoms with E-state index in [4.69, 9.17) is 17.8 Å². The molecule has 0 aliphatic heterocycles. The Morgan fingerprint density at radius 1 is 0.733 bits per heavy atom. The fourth-order valence-corrected chi connectivity index (χ4v) is 4.34. The Hall–Kier alpha value is -1.82. The van der Waals surface area contributed by atoms with Crippen LogP contribution in [0.2, 0.25) is 0 Å². The first kappa shape index (κ1) is 24.4. The molecule has 2 aromatic carbocycles. The van der Waals surface area contributed by atoms with Crippen molar-refractivity contribution in [2.75, 3.05) is 13.2 Å². The van der Waals surface area contributed by atoms with Crippen LogP contribution < -0.4 is 0 Å². The van der Waals surface area contributed by atoms with Crippen LogP contribution in [0.15, 0.2) is 58.3 Å². The maximum absolute atomic E-state index is 12.4. The average Bonchev–Trinajstić information content (AvgIpc) is 2.66. The predicted octanol–water partition coefficient (Wildman–Crippen LogP) is 3.14. The number of rotatable bonds is 11. The van der Waals surface area contributed by atoms with Crippen molar-refractivity contribution in [3.05, 3.63) is 59.7 Å². The largest absolute Gasteiger partial charge is 0.349 e. The Balaban J connectivity index is 1.99. The van der Waals surface area contributed by atoms with E-state index in [2.05, 4.69) is 0 Å². The van der Waals surface area contributed by atoms with E-state index in [-0.39, 0.29) is 23.0 Å². The van der Waals surface area contributed by atoms with Crippen molar-refractivity contribution in [1.82, 2.24) is 0 Å². The minimum absolute atomic E-state index is 0.0110. The van der Waals surface area contributed by atoms with Gasteiger partial charge in [-0.05, 0) is 52.0 Å². The Kier molecular flexibility index (Phi) is 8.53. The van der Waals surface area contributed by atoms with Gasteiger partial charge in [0.2, 0.25) is 0 Å². The van der Waals surface area contributed by atoms with E-state index < -0.39 is 32.8 Å². The summed E-state index contributed by atoms with van der Waals surface area (Å²) in [7, 11) is -8.14. The van der Waals surface area contributed by atoms with Crippen LogP contribution in [-0.2, 0) is 38.1 Å². The van der Waals surface area contributed by atoms with Gasteiger partial charge in [-0.25, -0.2) is 8.37 Å². The number of benzene rings is 2. The van der Waals surface area contributed by atoms with Gasteiger partial charge in [-0.2, -0.15) is 16.8 Å². The first-order valence-electron chi connectivity index (χ1n) is 9.26. The van der Waals surface area contributed by atoms with Crippen molar-refractivity contribution >= 4 is 20.2 Å². The Morgan fingerprint density at radius 3 is 1.60 bits per heavy atom. The molecule has 0 saturated heterocycles. The van der Waals surface area contributed by atoms with Gasteiger partial charge in [-0.15, -0.1) is 0 Å². The fourth-order valence-electron chi connectivity index (χ4n) is 2.37. The first-order valence-corrected chi connectivity index (χ1v) is 12.1. The zero-order chi connectivity index (χ0) is 22.4. The molecular formula is C20H26O8S2. The second kappa shape index (κ2) is 10.5. The van der Waals surface area contributed by atoms with Crippen LogP contribution in [0.1, 0.15) is 25.0 Å². The van der Waals surface area contributed by atoms with E-state index >= 15 is 0 Å². The molecule has 0 aliphatic rings. The van der Waals surface area contributed by atoms with Crippen LogP contribution in [0.4, 0.5) is 0 Å². The summed E-state index contributed by atoms with van der Waals surface area (Å²) in [5, 5.41) is 0. The lowest BCUT2D eigenvalue weighted by Gasteiger charge is -2.20. The molecule has 0 aliphatic carbocycles. The van der Waals surface area contributed by atoms with E-state index in [1.807, 2.05) is 13.8 Å². The van der Waals surface area contributed by atoms with Crippen molar-refractivity contribution < 1.29 is 34.7 Å². The minimum atomic E-state index is -4.09. The zero-order valence-electron chi connectivity index (χ0n) is 17.3. The fraction of sp³-hybridized carbons (Fsp3) is 0.400. The lowest BCUT2D eigenvalue weighted by molar-refractivity contribution is -0.157. The van der Waals surface area contributed by atoms with Gasteiger partial charge >= 0.3 is 0 Å². The zero-order valence-corrected chi connectivity index (χ0v) is 18.9. The van der Waals surface area contributed by atoms with Gasteiger partial charge in [0.05, 0.1) is 9.79 Å². The SMILES string of the molecule is CCOC(COC(C)OS(=O)(=O)c1ccc(C)cc1)OS(=O)(=O)c1ccc(C)cc1. The highest BCUT2D eigenvalue weighted by molar-refractivity contribution is 7.87. The third-order valence-electron chi connectivity index (χ3n) is 3.94. The number of hydrogen-bond acceptors (Lipinski definition) is 8. The van der Waals surface area contributed by atoms with Crippen LogP contribution >= 0.6 is 0 Å². The molecule has 0 heterocycles. The van der Waals surface area contributed by atoms with Crippen molar-refractivity contribution in [2.24, 2.45) is 0 Å². The molecule has 0 amide bonds. The molecule has 0 aromatic heterocycles. The third-order valence-corrected chi connectivity index (χ3v) is 6.63. The lowest BCUT2D eigenvalue weighted by Crippen LogP contribution is -2.30. The first-order chi connectivity index (χ1) is 14.0. The van der Waals surface area contributed by atoms with Crippen LogP contribution in [0.5, 0.6) is 0 Å². The molecule has 2 rings (SSSR count). The van der Waals surface area contributed by atoms with Crippen LogP contribution in [0, 0.1) is 13.8 Å². The second-order valence-electron chi connectivity index (χ2n) is 6.51. The molecule has 0 fully saturated rings. The minimum Gasteiger partial charge on any atom is -0.349 e. The summed E-state index contributed by atoms with van der Waals surface area (Å²) in [6.45, 7) is 6.51. The monoisotopic (exact) mass is 458 g/mol. The van der Waals surface area contributed by atoms with Gasteiger partial charge in [0.25, 0.3) is 20.2 Å². The van der Waals surface area contributed by atoms with Gasteiger partial charge in [-0.3, -0.25) is 0 Å². The van der Waals surface area contributed by atoms with Gasteiger partial charge in [-0.1, -0.05) is 35.4 Å². The summed E-state index contributed by atoms with van der Waals surface area (Å²) in [4.78, 5) is -0.0350. The van der Waals surface area contributed by atoms with Gasteiger partial charge < -0.3 is 9.47 Å². The number of aryl methyl sites for hydroxylation is 2. The normalized spacial score (nSPS) is 14.4. The molecular weight excluding hydrogens is 432 g/mol.